The Labute approximate surface area is 330 Å². The van der Waals surface area contributed by atoms with Gasteiger partial charge in [-0.25, -0.2) is 0 Å². The normalized spacial score (nSPS) is 11.9. The second-order valence-corrected chi connectivity index (χ2v) is 14.8. The van der Waals surface area contributed by atoms with Crippen LogP contribution in [0.5, 0.6) is 0 Å². The molecule has 9 aromatic carbocycles. The molecule has 0 atom stereocenters. The Balaban J connectivity index is 1.15. The maximum atomic E-state index is 6.72. The van der Waals surface area contributed by atoms with Gasteiger partial charge < -0.3 is 8.83 Å². The van der Waals surface area contributed by atoms with E-state index in [2.05, 4.69) is 164 Å². The highest BCUT2D eigenvalue weighted by Gasteiger charge is 2.23. The fourth-order valence-electron chi connectivity index (χ4n) is 9.00. The average Bonchev–Trinajstić information content (AvgIpc) is 3.81. The lowest BCUT2D eigenvalue weighted by Gasteiger charge is -2.18. The fourth-order valence-corrected chi connectivity index (χ4v) is 9.00. The van der Waals surface area contributed by atoms with Crippen LogP contribution in [0.25, 0.3) is 122 Å². The molecule has 2 nitrogen and oxygen atoms in total. The van der Waals surface area contributed by atoms with E-state index in [9.17, 15) is 0 Å². The maximum absolute atomic E-state index is 6.72. The molecule has 0 unspecified atom stereocenters. The summed E-state index contributed by atoms with van der Waals surface area (Å²) in [5.74, 6) is 0.786. The zero-order valence-electron chi connectivity index (χ0n) is 31.4. The summed E-state index contributed by atoms with van der Waals surface area (Å²) in [7, 11) is 0. The van der Waals surface area contributed by atoms with Crippen LogP contribution in [-0.4, -0.2) is 0 Å². The third-order valence-electron chi connectivity index (χ3n) is 11.5. The molecule has 0 amide bonds. The Morgan fingerprint density at radius 2 is 0.930 bits per heavy atom. The van der Waals surface area contributed by atoms with Crippen molar-refractivity contribution in [2.45, 2.75) is 6.92 Å². The lowest BCUT2D eigenvalue weighted by Crippen LogP contribution is -1.92. The Hall–Kier alpha value is -7.42. The van der Waals surface area contributed by atoms with Gasteiger partial charge in [0.1, 0.15) is 22.5 Å². The Kier molecular flexibility index (Phi) is 7.58. The van der Waals surface area contributed by atoms with Gasteiger partial charge in [0.2, 0.25) is 0 Å². The van der Waals surface area contributed by atoms with Crippen LogP contribution in [0.2, 0.25) is 0 Å². The molecule has 0 aliphatic rings. The number of furan rings is 2. The minimum absolute atomic E-state index is 0.786. The molecule has 268 valence electrons. The molecule has 0 N–H and O–H groups in total. The topological polar surface area (TPSA) is 26.3 Å². The second kappa shape index (κ2) is 13.1. The van der Waals surface area contributed by atoms with E-state index >= 15 is 0 Å². The van der Waals surface area contributed by atoms with Crippen LogP contribution >= 0.6 is 0 Å². The number of hydrogen-bond acceptors (Lipinski definition) is 2. The summed E-state index contributed by atoms with van der Waals surface area (Å²) >= 11 is 0. The molecule has 0 saturated heterocycles. The number of fused-ring (bicyclic) bond motifs is 7. The van der Waals surface area contributed by atoms with E-state index in [-0.39, 0.29) is 0 Å². The molecule has 0 aliphatic carbocycles. The average molecular weight is 729 g/mol. The summed E-state index contributed by atoms with van der Waals surface area (Å²) in [4.78, 5) is 0. The Bertz CT molecular complexity index is 3390. The van der Waals surface area contributed by atoms with Crippen molar-refractivity contribution < 1.29 is 8.83 Å². The molecule has 0 aliphatic heterocycles. The van der Waals surface area contributed by atoms with E-state index in [1.165, 1.54) is 60.1 Å². The van der Waals surface area contributed by atoms with Gasteiger partial charge in [-0.3, -0.25) is 0 Å². The molecule has 57 heavy (non-hydrogen) atoms. The standard InChI is InChI=1S/C55H36O2/c1-3-15-49-41(4-2)47-33-48-42-22-11-12-27-50(42)57-55(48)53(54(47)56-49)40-21-14-20-39(32-40)52-45-25-9-7-23-43(45)51(44-24-8-10-26-46(44)52)38-19-13-18-36(31-38)37-29-28-34-16-5-6-17-35(34)30-37/h3-33H,2H2,1H3/b15-3-. The molecule has 0 fully saturated rings. The minimum atomic E-state index is 0.786. The summed E-state index contributed by atoms with van der Waals surface area (Å²) in [6.45, 7) is 6.19. The first-order valence-electron chi connectivity index (χ1n) is 19.5. The number of rotatable bonds is 6. The van der Waals surface area contributed by atoms with Crippen LogP contribution in [-0.2, 0) is 0 Å². The van der Waals surface area contributed by atoms with E-state index in [1.807, 2.05) is 37.3 Å². The number of para-hydroxylation sites is 1. The highest BCUT2D eigenvalue weighted by molar-refractivity contribution is 6.22. The van der Waals surface area contributed by atoms with Gasteiger partial charge in [-0.1, -0.05) is 158 Å². The van der Waals surface area contributed by atoms with E-state index in [0.717, 1.165) is 60.9 Å². The molecule has 2 heterocycles. The Morgan fingerprint density at radius 3 is 1.58 bits per heavy atom. The molecule has 0 spiro atoms. The summed E-state index contributed by atoms with van der Waals surface area (Å²) < 4.78 is 13.4. The van der Waals surface area contributed by atoms with Crippen LogP contribution in [0, 0.1) is 0 Å². The van der Waals surface area contributed by atoms with Crippen molar-refractivity contribution in [1.29, 1.82) is 0 Å². The monoisotopic (exact) mass is 728 g/mol. The van der Waals surface area contributed by atoms with Crippen molar-refractivity contribution in [2.75, 3.05) is 0 Å². The summed E-state index contributed by atoms with van der Waals surface area (Å²) in [6.07, 6.45) is 5.91. The van der Waals surface area contributed by atoms with Crippen LogP contribution in [0.3, 0.4) is 0 Å². The zero-order valence-corrected chi connectivity index (χ0v) is 31.4. The van der Waals surface area contributed by atoms with Gasteiger partial charge in [0.05, 0.1) is 5.56 Å². The molecular formula is C55H36O2. The highest BCUT2D eigenvalue weighted by atomic mass is 16.3. The quantitative estimate of drug-likeness (QED) is 0.159. The molecule has 11 aromatic rings. The van der Waals surface area contributed by atoms with Gasteiger partial charge in [-0.05, 0) is 115 Å². The smallest absolute Gasteiger partial charge is 0.147 e. The SMILES string of the molecule is C=Cc1c(/C=C\C)oc2c(-c3cccc(-c4c5ccccc5c(-c5cccc(-c6ccc7ccccc7c6)c5)c5ccccc45)c3)c3oc4ccccc4c3cc12. The first kappa shape index (κ1) is 33.0. The molecule has 0 bridgehead atoms. The van der Waals surface area contributed by atoms with Gasteiger partial charge >= 0.3 is 0 Å². The maximum Gasteiger partial charge on any atom is 0.147 e. The molecule has 2 aromatic heterocycles. The van der Waals surface area contributed by atoms with Crippen molar-refractivity contribution in [3.63, 3.8) is 0 Å². The molecule has 0 saturated carbocycles. The van der Waals surface area contributed by atoms with Crippen molar-refractivity contribution in [3.8, 4) is 44.5 Å². The second-order valence-electron chi connectivity index (χ2n) is 14.8. The van der Waals surface area contributed by atoms with E-state index in [4.69, 9.17) is 8.83 Å². The predicted molar refractivity (Wildman–Crippen MR) is 243 cm³/mol. The van der Waals surface area contributed by atoms with Gasteiger partial charge in [-0.15, -0.1) is 0 Å². The molecule has 2 heteroatoms. The number of hydrogen-bond donors (Lipinski definition) is 0. The van der Waals surface area contributed by atoms with Gasteiger partial charge in [0.25, 0.3) is 0 Å². The minimum Gasteiger partial charge on any atom is -0.455 e. The number of benzene rings is 9. The number of allylic oxidation sites excluding steroid dienone is 1. The largest absolute Gasteiger partial charge is 0.455 e. The van der Waals surface area contributed by atoms with Gasteiger partial charge in [0.15, 0.2) is 0 Å². The van der Waals surface area contributed by atoms with Crippen molar-refractivity contribution in [2.24, 2.45) is 0 Å². The third kappa shape index (κ3) is 5.18. The fraction of sp³-hybridized carbons (Fsp3) is 0.0182. The Morgan fingerprint density at radius 1 is 0.404 bits per heavy atom. The predicted octanol–water partition coefficient (Wildman–Crippen LogP) is 16.1. The van der Waals surface area contributed by atoms with Crippen LogP contribution < -0.4 is 0 Å². The first-order valence-corrected chi connectivity index (χ1v) is 19.5. The third-order valence-corrected chi connectivity index (χ3v) is 11.5. The lowest BCUT2D eigenvalue weighted by molar-refractivity contribution is 0.603. The summed E-state index contributed by atoms with van der Waals surface area (Å²) in [5.41, 5.74) is 12.6. The molecular weight excluding hydrogens is 693 g/mol. The van der Waals surface area contributed by atoms with E-state index in [1.54, 1.807) is 0 Å². The lowest BCUT2D eigenvalue weighted by atomic mass is 9.85. The van der Waals surface area contributed by atoms with Gasteiger partial charge in [-0.2, -0.15) is 0 Å². The van der Waals surface area contributed by atoms with Crippen molar-refractivity contribution >= 4 is 77.4 Å². The summed E-state index contributed by atoms with van der Waals surface area (Å²) in [6, 6.07) is 61.3. The molecule has 11 rings (SSSR count). The van der Waals surface area contributed by atoms with Crippen LogP contribution in [0.4, 0.5) is 0 Å². The molecule has 0 radical (unpaired) electrons. The first-order chi connectivity index (χ1) is 28.2. The highest BCUT2D eigenvalue weighted by Crippen LogP contribution is 2.48. The van der Waals surface area contributed by atoms with E-state index < -0.39 is 0 Å². The van der Waals surface area contributed by atoms with E-state index in [0.29, 0.717) is 0 Å². The van der Waals surface area contributed by atoms with Crippen LogP contribution in [0.1, 0.15) is 18.2 Å². The summed E-state index contributed by atoms with van der Waals surface area (Å²) in [5, 5.41) is 10.5. The van der Waals surface area contributed by atoms with Crippen molar-refractivity contribution in [3.05, 3.63) is 194 Å². The van der Waals surface area contributed by atoms with Crippen molar-refractivity contribution in [1.82, 2.24) is 0 Å². The zero-order chi connectivity index (χ0) is 38.0. The van der Waals surface area contributed by atoms with Crippen LogP contribution in [0.15, 0.2) is 191 Å². The van der Waals surface area contributed by atoms with Gasteiger partial charge in [0, 0.05) is 21.7 Å².